The summed E-state index contributed by atoms with van der Waals surface area (Å²) in [5.74, 6) is 0. The van der Waals surface area contributed by atoms with Gasteiger partial charge in [-0.05, 0) is 5.56 Å². The van der Waals surface area contributed by atoms with Crippen LogP contribution in [-0.2, 0) is 13.0 Å². The molecule has 1 nitrogen and oxygen atoms in total. The van der Waals surface area contributed by atoms with Crippen molar-refractivity contribution in [3.63, 3.8) is 0 Å². The molecular formula is C15H14LiN. The van der Waals surface area contributed by atoms with Crippen LogP contribution in [0.5, 0.6) is 0 Å². The summed E-state index contributed by atoms with van der Waals surface area (Å²) in [6.07, 6.45) is 1.15. The molecule has 0 aromatic heterocycles. The van der Waals surface area contributed by atoms with Crippen molar-refractivity contribution in [2.45, 2.75) is 13.0 Å². The van der Waals surface area contributed by atoms with Crippen molar-refractivity contribution >= 4 is 5.69 Å². The molecule has 1 heterocycles. The molecule has 0 saturated heterocycles. The van der Waals surface area contributed by atoms with Crippen LogP contribution in [0, 0.1) is 6.07 Å². The summed E-state index contributed by atoms with van der Waals surface area (Å²) in [7, 11) is 0. The van der Waals surface area contributed by atoms with Gasteiger partial charge in [0, 0.05) is 13.1 Å². The molecule has 17 heavy (non-hydrogen) atoms. The van der Waals surface area contributed by atoms with E-state index in [1.807, 2.05) is 6.07 Å². The number of benzene rings is 2. The van der Waals surface area contributed by atoms with Crippen molar-refractivity contribution in [3.05, 3.63) is 65.7 Å². The SMILES string of the molecule is [Li+].[c-]1ccc2c(c1)CCN2Cc1ccccc1. The average molecular weight is 215 g/mol. The van der Waals surface area contributed by atoms with Gasteiger partial charge in [-0.25, -0.2) is 0 Å². The second-order valence-corrected chi connectivity index (χ2v) is 4.21. The fourth-order valence-electron chi connectivity index (χ4n) is 2.31. The first kappa shape index (κ1) is 12.3. The summed E-state index contributed by atoms with van der Waals surface area (Å²) < 4.78 is 0. The molecule has 80 valence electrons. The molecule has 0 aliphatic carbocycles. The Hall–Kier alpha value is -1.16. The van der Waals surface area contributed by atoms with Crippen molar-refractivity contribution < 1.29 is 18.9 Å². The molecule has 2 aromatic carbocycles. The largest absolute Gasteiger partial charge is 1.00 e. The molecule has 1 aliphatic rings. The molecule has 0 amide bonds. The molecule has 0 atom stereocenters. The van der Waals surface area contributed by atoms with Gasteiger partial charge in [0.15, 0.2) is 0 Å². The minimum absolute atomic E-state index is 0. The fraction of sp³-hybridized carbons (Fsp3) is 0.200. The average Bonchev–Trinajstić information content (AvgIpc) is 2.74. The van der Waals surface area contributed by atoms with Crippen LogP contribution in [-0.4, -0.2) is 6.54 Å². The van der Waals surface area contributed by atoms with Crippen LogP contribution in [0.2, 0.25) is 0 Å². The molecule has 0 bridgehead atoms. The van der Waals surface area contributed by atoms with E-state index in [-0.39, 0.29) is 18.9 Å². The number of anilines is 1. The summed E-state index contributed by atoms with van der Waals surface area (Å²) >= 11 is 0. The maximum atomic E-state index is 3.15. The van der Waals surface area contributed by atoms with E-state index in [1.54, 1.807) is 0 Å². The Morgan fingerprint density at radius 3 is 2.76 bits per heavy atom. The van der Waals surface area contributed by atoms with Crippen molar-refractivity contribution in [1.82, 2.24) is 0 Å². The van der Waals surface area contributed by atoms with E-state index in [0.717, 1.165) is 19.5 Å². The zero-order chi connectivity index (χ0) is 10.8. The van der Waals surface area contributed by atoms with E-state index in [9.17, 15) is 0 Å². The van der Waals surface area contributed by atoms with Gasteiger partial charge in [0.2, 0.25) is 0 Å². The van der Waals surface area contributed by atoms with E-state index in [1.165, 1.54) is 16.8 Å². The van der Waals surface area contributed by atoms with Gasteiger partial charge < -0.3 is 4.90 Å². The van der Waals surface area contributed by atoms with Crippen LogP contribution in [0.4, 0.5) is 5.69 Å². The van der Waals surface area contributed by atoms with E-state index in [2.05, 4.69) is 53.4 Å². The normalized spacial score (nSPS) is 13.1. The van der Waals surface area contributed by atoms with Gasteiger partial charge in [-0.3, -0.25) is 0 Å². The summed E-state index contributed by atoms with van der Waals surface area (Å²) in [6, 6.07) is 20.1. The van der Waals surface area contributed by atoms with Crippen LogP contribution in [0.15, 0.2) is 48.5 Å². The maximum Gasteiger partial charge on any atom is 1.00 e. The van der Waals surface area contributed by atoms with Gasteiger partial charge in [-0.1, -0.05) is 42.4 Å². The van der Waals surface area contributed by atoms with Gasteiger partial charge in [0.05, 0.1) is 0 Å². The molecule has 2 heteroatoms. The molecule has 0 fully saturated rings. The topological polar surface area (TPSA) is 3.24 Å². The number of nitrogens with zero attached hydrogens (tertiary/aromatic N) is 1. The van der Waals surface area contributed by atoms with Crippen molar-refractivity contribution in [3.8, 4) is 0 Å². The van der Waals surface area contributed by atoms with Gasteiger partial charge in [-0.15, -0.1) is 11.6 Å². The Bertz CT molecular complexity index is 481. The second-order valence-electron chi connectivity index (χ2n) is 4.21. The minimum atomic E-state index is 0. The zero-order valence-electron chi connectivity index (χ0n) is 10.2. The van der Waals surface area contributed by atoms with Gasteiger partial charge in [-0.2, -0.15) is 18.2 Å². The van der Waals surface area contributed by atoms with Gasteiger partial charge >= 0.3 is 18.9 Å². The summed E-state index contributed by atoms with van der Waals surface area (Å²) in [5, 5.41) is 0. The zero-order valence-corrected chi connectivity index (χ0v) is 10.2. The van der Waals surface area contributed by atoms with Gasteiger partial charge in [0.25, 0.3) is 0 Å². The predicted octanol–water partition coefficient (Wildman–Crippen LogP) is 0.0535. The van der Waals surface area contributed by atoms with Crippen molar-refractivity contribution in [1.29, 1.82) is 0 Å². The molecule has 3 rings (SSSR count). The Morgan fingerprint density at radius 1 is 1.12 bits per heavy atom. The Balaban J connectivity index is 0.00000108. The Kier molecular flexibility index (Phi) is 3.94. The van der Waals surface area contributed by atoms with Crippen LogP contribution in [0.3, 0.4) is 0 Å². The number of hydrogen-bond donors (Lipinski definition) is 0. The summed E-state index contributed by atoms with van der Waals surface area (Å²) in [4.78, 5) is 2.44. The standard InChI is InChI=1S/C15H14N.Li/c1-2-6-13(7-3-1)12-16-11-10-14-8-4-5-9-15(14)16;/h1-3,5-9H,10-12H2;/q-1;+1. The number of rotatable bonds is 2. The van der Waals surface area contributed by atoms with Crippen molar-refractivity contribution in [2.24, 2.45) is 0 Å². The van der Waals surface area contributed by atoms with Crippen LogP contribution >= 0.6 is 0 Å². The summed E-state index contributed by atoms with van der Waals surface area (Å²) in [6.45, 7) is 2.14. The quantitative estimate of drug-likeness (QED) is 0.505. The fourth-order valence-corrected chi connectivity index (χ4v) is 2.31. The third-order valence-electron chi connectivity index (χ3n) is 3.13. The maximum absolute atomic E-state index is 3.15. The van der Waals surface area contributed by atoms with Crippen LogP contribution in [0.1, 0.15) is 11.1 Å². The van der Waals surface area contributed by atoms with E-state index in [0.29, 0.717) is 0 Å². The van der Waals surface area contributed by atoms with Crippen LogP contribution in [0.25, 0.3) is 0 Å². The summed E-state index contributed by atoms with van der Waals surface area (Å²) in [5.41, 5.74) is 4.18. The number of fused-ring (bicyclic) bond motifs is 1. The molecule has 2 aromatic rings. The first-order chi connectivity index (χ1) is 7.93. The third-order valence-corrected chi connectivity index (χ3v) is 3.13. The minimum Gasteiger partial charge on any atom is -0.389 e. The molecule has 0 N–H and O–H groups in total. The van der Waals surface area contributed by atoms with E-state index >= 15 is 0 Å². The van der Waals surface area contributed by atoms with E-state index in [4.69, 9.17) is 0 Å². The third kappa shape index (κ3) is 2.57. The van der Waals surface area contributed by atoms with Crippen molar-refractivity contribution in [2.75, 3.05) is 11.4 Å². The molecule has 0 saturated carbocycles. The molecular weight excluding hydrogens is 201 g/mol. The molecule has 0 radical (unpaired) electrons. The Morgan fingerprint density at radius 2 is 1.94 bits per heavy atom. The molecule has 0 spiro atoms. The first-order valence-electron chi connectivity index (χ1n) is 5.71. The second kappa shape index (κ2) is 5.45. The smallest absolute Gasteiger partial charge is 0.389 e. The van der Waals surface area contributed by atoms with Crippen LogP contribution < -0.4 is 23.8 Å². The first-order valence-corrected chi connectivity index (χ1v) is 5.71. The Labute approximate surface area is 115 Å². The predicted molar refractivity (Wildman–Crippen MR) is 66.5 cm³/mol. The monoisotopic (exact) mass is 215 g/mol. The molecule has 1 aliphatic heterocycles. The molecule has 0 unspecified atom stereocenters. The van der Waals surface area contributed by atoms with Gasteiger partial charge in [0.1, 0.15) is 0 Å². The number of hydrogen-bond acceptors (Lipinski definition) is 1. The van der Waals surface area contributed by atoms with E-state index < -0.39 is 0 Å².